The van der Waals surface area contributed by atoms with Gasteiger partial charge in [0.05, 0.1) is 19.9 Å². The van der Waals surface area contributed by atoms with Crippen LogP contribution in [-0.4, -0.2) is 63.6 Å². The highest BCUT2D eigenvalue weighted by Gasteiger charge is 2.22. The second-order valence-corrected chi connectivity index (χ2v) is 7.52. The highest BCUT2D eigenvalue weighted by Crippen LogP contribution is 2.24. The number of ether oxygens (including phenoxy) is 1. The van der Waals surface area contributed by atoms with E-state index in [1.54, 1.807) is 6.20 Å². The van der Waals surface area contributed by atoms with Crippen LogP contribution in [0.5, 0.6) is 0 Å². The number of carbonyl (C=O) groups is 1. The van der Waals surface area contributed by atoms with Crippen molar-refractivity contribution in [2.75, 3.05) is 37.4 Å². The number of anilines is 3. The van der Waals surface area contributed by atoms with E-state index in [0.717, 1.165) is 31.6 Å². The molecule has 30 heavy (non-hydrogen) atoms. The van der Waals surface area contributed by atoms with E-state index in [1.165, 1.54) is 13.4 Å². The van der Waals surface area contributed by atoms with E-state index in [0.29, 0.717) is 27.8 Å². The third-order valence-electron chi connectivity index (χ3n) is 4.88. The SMILES string of the molecule is COC(=O)CN1CCCC(Nc2ncc3ncnc(Nc4cccc(Cl)c4)c3n2)C1. The second-order valence-electron chi connectivity index (χ2n) is 7.08. The first kappa shape index (κ1) is 20.2. The van der Waals surface area contributed by atoms with E-state index >= 15 is 0 Å². The first-order chi connectivity index (χ1) is 14.6. The molecule has 2 aromatic heterocycles. The Hall–Kier alpha value is -3.04. The molecule has 1 unspecified atom stereocenters. The molecule has 0 amide bonds. The molecule has 9 nitrogen and oxygen atoms in total. The van der Waals surface area contributed by atoms with Crippen molar-refractivity contribution >= 4 is 46.1 Å². The number of carbonyl (C=O) groups excluding carboxylic acids is 1. The molecule has 0 saturated carbocycles. The van der Waals surface area contributed by atoms with Crippen molar-refractivity contribution in [1.29, 1.82) is 0 Å². The van der Waals surface area contributed by atoms with Crippen molar-refractivity contribution in [2.24, 2.45) is 0 Å². The van der Waals surface area contributed by atoms with E-state index in [1.807, 2.05) is 24.3 Å². The van der Waals surface area contributed by atoms with Crippen molar-refractivity contribution in [3.05, 3.63) is 41.8 Å². The molecular weight excluding hydrogens is 406 g/mol. The van der Waals surface area contributed by atoms with E-state index < -0.39 is 0 Å². The molecule has 3 heterocycles. The van der Waals surface area contributed by atoms with Gasteiger partial charge in [0.15, 0.2) is 5.82 Å². The van der Waals surface area contributed by atoms with Crippen molar-refractivity contribution < 1.29 is 9.53 Å². The minimum absolute atomic E-state index is 0.134. The number of esters is 1. The molecule has 0 radical (unpaired) electrons. The van der Waals surface area contributed by atoms with Crippen LogP contribution in [0.4, 0.5) is 17.5 Å². The van der Waals surface area contributed by atoms with E-state index in [2.05, 4.69) is 35.5 Å². The molecule has 1 aromatic carbocycles. The van der Waals surface area contributed by atoms with Gasteiger partial charge >= 0.3 is 5.97 Å². The van der Waals surface area contributed by atoms with Crippen molar-refractivity contribution in [3.63, 3.8) is 0 Å². The van der Waals surface area contributed by atoms with Gasteiger partial charge in [-0.25, -0.2) is 19.9 Å². The Balaban J connectivity index is 1.52. The molecule has 1 atom stereocenters. The summed E-state index contributed by atoms with van der Waals surface area (Å²) in [6.45, 7) is 1.87. The van der Waals surface area contributed by atoms with Crippen molar-refractivity contribution in [3.8, 4) is 0 Å². The minimum Gasteiger partial charge on any atom is -0.468 e. The fourth-order valence-electron chi connectivity index (χ4n) is 3.46. The maximum absolute atomic E-state index is 11.6. The number of halogens is 1. The molecule has 0 spiro atoms. The third-order valence-corrected chi connectivity index (χ3v) is 5.12. The molecule has 0 bridgehead atoms. The number of hydrogen-bond donors (Lipinski definition) is 2. The standard InChI is InChI=1S/C20H22ClN7O2/c1-30-17(29)11-28-7-3-6-15(10-28)26-20-22-9-16-18(27-20)19(24-12-23-16)25-14-5-2-4-13(21)8-14/h2,4-5,8-9,12,15H,3,6-7,10-11H2,1H3,(H,22,26,27)(H,23,24,25). The minimum atomic E-state index is -0.230. The Morgan fingerprint density at radius 2 is 2.23 bits per heavy atom. The highest BCUT2D eigenvalue weighted by molar-refractivity contribution is 6.30. The highest BCUT2D eigenvalue weighted by atomic mass is 35.5. The largest absolute Gasteiger partial charge is 0.468 e. The molecule has 156 valence electrons. The molecular formula is C20H22ClN7O2. The summed E-state index contributed by atoms with van der Waals surface area (Å²) in [5.41, 5.74) is 2.05. The molecule has 3 aromatic rings. The summed E-state index contributed by atoms with van der Waals surface area (Å²) in [4.78, 5) is 31.3. The van der Waals surface area contributed by atoms with Gasteiger partial charge in [0.1, 0.15) is 17.4 Å². The number of nitrogens with zero attached hydrogens (tertiary/aromatic N) is 5. The lowest BCUT2D eigenvalue weighted by Crippen LogP contribution is -2.44. The van der Waals surface area contributed by atoms with Gasteiger partial charge < -0.3 is 15.4 Å². The first-order valence-electron chi connectivity index (χ1n) is 9.67. The maximum atomic E-state index is 11.6. The van der Waals surface area contributed by atoms with Crippen LogP contribution in [0.15, 0.2) is 36.8 Å². The lowest BCUT2D eigenvalue weighted by atomic mass is 10.1. The van der Waals surface area contributed by atoms with Gasteiger partial charge in [0.2, 0.25) is 5.95 Å². The molecule has 1 aliphatic rings. The topological polar surface area (TPSA) is 105 Å². The zero-order valence-electron chi connectivity index (χ0n) is 16.5. The lowest BCUT2D eigenvalue weighted by molar-refractivity contribution is -0.142. The van der Waals surface area contributed by atoms with Crippen LogP contribution >= 0.6 is 11.6 Å². The summed E-state index contributed by atoms with van der Waals surface area (Å²) in [6, 6.07) is 7.52. The van der Waals surface area contributed by atoms with Gasteiger partial charge in [0.25, 0.3) is 0 Å². The quantitative estimate of drug-likeness (QED) is 0.574. The van der Waals surface area contributed by atoms with E-state index in [4.69, 9.17) is 16.3 Å². The molecule has 1 saturated heterocycles. The summed E-state index contributed by atoms with van der Waals surface area (Å²) < 4.78 is 4.77. The lowest BCUT2D eigenvalue weighted by Gasteiger charge is -2.32. The van der Waals surface area contributed by atoms with Gasteiger partial charge in [-0.2, -0.15) is 0 Å². The number of methoxy groups -OCH3 is 1. The van der Waals surface area contributed by atoms with Crippen molar-refractivity contribution in [2.45, 2.75) is 18.9 Å². The van der Waals surface area contributed by atoms with Gasteiger partial charge in [-0.15, -0.1) is 0 Å². The van der Waals surface area contributed by atoms with E-state index in [-0.39, 0.29) is 18.6 Å². The Bertz CT molecular complexity index is 1050. The van der Waals surface area contributed by atoms with E-state index in [9.17, 15) is 4.79 Å². The van der Waals surface area contributed by atoms with Crippen LogP contribution in [0, 0.1) is 0 Å². The Morgan fingerprint density at radius 3 is 3.07 bits per heavy atom. The summed E-state index contributed by atoms with van der Waals surface area (Å²) >= 11 is 6.07. The number of benzene rings is 1. The van der Waals surface area contributed by atoms with Crippen LogP contribution in [0.2, 0.25) is 5.02 Å². The van der Waals surface area contributed by atoms with Gasteiger partial charge in [0, 0.05) is 23.3 Å². The number of aromatic nitrogens is 4. The Labute approximate surface area is 178 Å². The average molecular weight is 428 g/mol. The molecule has 2 N–H and O–H groups in total. The van der Waals surface area contributed by atoms with Gasteiger partial charge in [-0.1, -0.05) is 17.7 Å². The third kappa shape index (κ3) is 4.92. The molecule has 1 aliphatic heterocycles. The molecule has 1 fully saturated rings. The number of likely N-dealkylation sites (tertiary alicyclic amines) is 1. The average Bonchev–Trinajstić information content (AvgIpc) is 2.74. The number of nitrogens with one attached hydrogen (secondary N) is 2. The normalized spacial score (nSPS) is 16.9. The fourth-order valence-corrected chi connectivity index (χ4v) is 3.66. The Kier molecular flexibility index (Phi) is 6.20. The van der Waals surface area contributed by atoms with Crippen LogP contribution in [0.1, 0.15) is 12.8 Å². The maximum Gasteiger partial charge on any atom is 0.319 e. The Morgan fingerprint density at radius 1 is 1.33 bits per heavy atom. The predicted octanol–water partition coefficient (Wildman–Crippen LogP) is 2.87. The summed E-state index contributed by atoms with van der Waals surface area (Å²) in [5, 5.41) is 7.24. The number of piperidine rings is 1. The smallest absolute Gasteiger partial charge is 0.319 e. The molecule has 4 rings (SSSR count). The summed E-state index contributed by atoms with van der Waals surface area (Å²) in [5.74, 6) is 0.839. The number of hydrogen-bond acceptors (Lipinski definition) is 9. The monoisotopic (exact) mass is 427 g/mol. The summed E-state index contributed by atoms with van der Waals surface area (Å²) in [6.07, 6.45) is 5.09. The first-order valence-corrected chi connectivity index (χ1v) is 10.0. The second kappa shape index (κ2) is 9.19. The summed E-state index contributed by atoms with van der Waals surface area (Å²) in [7, 11) is 1.40. The molecule has 0 aliphatic carbocycles. The number of rotatable bonds is 6. The zero-order chi connectivity index (χ0) is 20.9. The number of fused-ring (bicyclic) bond motifs is 1. The van der Waals surface area contributed by atoms with Crippen LogP contribution in [0.3, 0.4) is 0 Å². The molecule has 10 heteroatoms. The van der Waals surface area contributed by atoms with Gasteiger partial charge in [-0.3, -0.25) is 9.69 Å². The fraction of sp³-hybridized carbons (Fsp3) is 0.350. The van der Waals surface area contributed by atoms with Crippen LogP contribution in [-0.2, 0) is 9.53 Å². The van der Waals surface area contributed by atoms with Gasteiger partial charge in [-0.05, 0) is 37.6 Å². The van der Waals surface area contributed by atoms with Crippen LogP contribution < -0.4 is 10.6 Å². The predicted molar refractivity (Wildman–Crippen MR) is 115 cm³/mol. The van der Waals surface area contributed by atoms with Crippen molar-refractivity contribution in [1.82, 2.24) is 24.8 Å². The van der Waals surface area contributed by atoms with Crippen LogP contribution in [0.25, 0.3) is 11.0 Å². The zero-order valence-corrected chi connectivity index (χ0v) is 17.3.